The molecule has 2 fully saturated rings. The number of piperazine rings is 1. The van der Waals surface area contributed by atoms with Crippen LogP contribution >= 0.6 is 0 Å². The first-order valence-corrected chi connectivity index (χ1v) is 14.5. The fraction of sp³-hybridized carbons (Fsp3) is 0.370. The zero-order valence-electron chi connectivity index (χ0n) is 21.7. The van der Waals surface area contributed by atoms with Crippen LogP contribution in [0.4, 0.5) is 14.5 Å². The van der Waals surface area contributed by atoms with E-state index in [1.807, 2.05) is 4.90 Å². The maximum atomic E-state index is 13.9. The van der Waals surface area contributed by atoms with Crippen LogP contribution in [0.5, 0.6) is 5.75 Å². The quantitative estimate of drug-likeness (QED) is 0.316. The number of sulfonamides is 1. The number of ether oxygens (including phenoxy) is 1. The Bertz CT molecular complexity index is 1720. The SMILES string of the molecule is CC1(COc2c(N3CCN(S(=O)(=O)Cc4ccc5ocnc5c4)CC3)cnn(-c3cc(F)cc(F)c3)c2=O)CC1. The molecule has 2 aromatic heterocycles. The second kappa shape index (κ2) is 9.97. The summed E-state index contributed by atoms with van der Waals surface area (Å²) < 4.78 is 67.7. The number of rotatable bonds is 8. The van der Waals surface area contributed by atoms with Gasteiger partial charge < -0.3 is 14.1 Å². The van der Waals surface area contributed by atoms with Crippen LogP contribution < -0.4 is 15.2 Å². The fourth-order valence-electron chi connectivity index (χ4n) is 4.74. The van der Waals surface area contributed by atoms with E-state index in [0.29, 0.717) is 48.1 Å². The van der Waals surface area contributed by atoms with E-state index in [1.165, 1.54) is 16.9 Å². The zero-order valence-corrected chi connectivity index (χ0v) is 22.5. The first-order valence-electron chi connectivity index (χ1n) is 12.9. The maximum absolute atomic E-state index is 13.9. The van der Waals surface area contributed by atoms with Crippen molar-refractivity contribution < 1.29 is 26.4 Å². The molecule has 0 unspecified atom stereocenters. The summed E-state index contributed by atoms with van der Waals surface area (Å²) in [6.07, 6.45) is 4.68. The Balaban J connectivity index is 1.23. The molecule has 1 aliphatic carbocycles. The van der Waals surface area contributed by atoms with Crippen LogP contribution in [0.25, 0.3) is 16.8 Å². The van der Waals surface area contributed by atoms with Crippen LogP contribution in [0.1, 0.15) is 25.3 Å². The highest BCUT2D eigenvalue weighted by atomic mass is 32.2. The van der Waals surface area contributed by atoms with Gasteiger partial charge in [0.2, 0.25) is 15.8 Å². The number of hydrogen-bond donors (Lipinski definition) is 0. The highest BCUT2D eigenvalue weighted by Gasteiger charge is 2.39. The van der Waals surface area contributed by atoms with Gasteiger partial charge in [-0.25, -0.2) is 22.2 Å². The predicted molar refractivity (Wildman–Crippen MR) is 143 cm³/mol. The lowest BCUT2D eigenvalue weighted by molar-refractivity contribution is 0.242. The third-order valence-electron chi connectivity index (χ3n) is 7.39. The van der Waals surface area contributed by atoms with Crippen molar-refractivity contribution in [2.24, 2.45) is 5.41 Å². The Kier molecular flexibility index (Phi) is 6.57. The number of benzene rings is 2. The topological polar surface area (TPSA) is 111 Å². The molecule has 0 spiro atoms. The van der Waals surface area contributed by atoms with Crippen molar-refractivity contribution in [3.05, 3.63) is 76.5 Å². The molecule has 40 heavy (non-hydrogen) atoms. The van der Waals surface area contributed by atoms with Crippen molar-refractivity contribution in [1.82, 2.24) is 19.1 Å². The second-order valence-corrected chi connectivity index (χ2v) is 12.6. The van der Waals surface area contributed by atoms with E-state index in [9.17, 15) is 22.0 Å². The highest BCUT2D eigenvalue weighted by molar-refractivity contribution is 7.88. The van der Waals surface area contributed by atoms with Crippen molar-refractivity contribution in [2.45, 2.75) is 25.5 Å². The summed E-state index contributed by atoms with van der Waals surface area (Å²) in [6.45, 7) is 3.36. The van der Waals surface area contributed by atoms with E-state index < -0.39 is 27.2 Å². The van der Waals surface area contributed by atoms with Gasteiger partial charge in [-0.2, -0.15) is 14.1 Å². The molecule has 3 heterocycles. The lowest BCUT2D eigenvalue weighted by Gasteiger charge is -2.35. The van der Waals surface area contributed by atoms with Crippen LogP contribution in [0, 0.1) is 17.0 Å². The molecular formula is C27H27F2N5O5S. The van der Waals surface area contributed by atoms with E-state index >= 15 is 0 Å². The molecule has 0 radical (unpaired) electrons. The van der Waals surface area contributed by atoms with Gasteiger partial charge in [0, 0.05) is 37.7 Å². The first-order chi connectivity index (χ1) is 19.1. The van der Waals surface area contributed by atoms with Crippen molar-refractivity contribution in [2.75, 3.05) is 37.7 Å². The van der Waals surface area contributed by atoms with Gasteiger partial charge in [-0.3, -0.25) is 4.79 Å². The summed E-state index contributed by atoms with van der Waals surface area (Å²) in [4.78, 5) is 19.4. The third kappa shape index (κ3) is 5.30. The van der Waals surface area contributed by atoms with Gasteiger partial charge in [-0.05, 0) is 42.7 Å². The van der Waals surface area contributed by atoms with Crippen LogP contribution in [0.3, 0.4) is 0 Å². The fourth-order valence-corrected chi connectivity index (χ4v) is 6.25. The summed E-state index contributed by atoms with van der Waals surface area (Å²) in [5.74, 6) is -1.83. The van der Waals surface area contributed by atoms with E-state index in [-0.39, 0.29) is 35.7 Å². The molecule has 13 heteroatoms. The summed E-state index contributed by atoms with van der Waals surface area (Å²) >= 11 is 0. The average molecular weight is 572 g/mol. The maximum Gasteiger partial charge on any atom is 0.316 e. The molecule has 1 aliphatic heterocycles. The molecule has 0 amide bonds. The Morgan fingerprint density at radius 1 is 1.05 bits per heavy atom. The lowest BCUT2D eigenvalue weighted by atomic mass is 10.2. The van der Waals surface area contributed by atoms with E-state index in [4.69, 9.17) is 9.15 Å². The minimum Gasteiger partial charge on any atom is -0.486 e. The number of oxazole rings is 1. The second-order valence-electron chi connectivity index (χ2n) is 10.6. The van der Waals surface area contributed by atoms with Crippen LogP contribution in [-0.4, -0.2) is 60.3 Å². The van der Waals surface area contributed by atoms with Gasteiger partial charge in [0.1, 0.15) is 22.8 Å². The number of anilines is 1. The Morgan fingerprint density at radius 3 is 2.48 bits per heavy atom. The van der Waals surface area contributed by atoms with Crippen LogP contribution in [-0.2, 0) is 15.8 Å². The number of fused-ring (bicyclic) bond motifs is 1. The van der Waals surface area contributed by atoms with Gasteiger partial charge in [0.15, 0.2) is 12.0 Å². The number of nitrogens with zero attached hydrogens (tertiary/aromatic N) is 5. The van der Waals surface area contributed by atoms with Crippen LogP contribution in [0.2, 0.25) is 0 Å². The lowest BCUT2D eigenvalue weighted by Crippen LogP contribution is -2.49. The monoisotopic (exact) mass is 571 g/mol. The van der Waals surface area contributed by atoms with E-state index in [2.05, 4.69) is 17.0 Å². The third-order valence-corrected chi connectivity index (χ3v) is 9.24. The molecule has 6 rings (SSSR count). The molecule has 0 atom stereocenters. The van der Waals surface area contributed by atoms with Crippen molar-refractivity contribution in [1.29, 1.82) is 0 Å². The van der Waals surface area contributed by atoms with Crippen LogP contribution in [0.15, 0.2) is 58.2 Å². The molecule has 2 aliphatic rings. The molecule has 2 aromatic carbocycles. The number of aromatic nitrogens is 3. The summed E-state index contributed by atoms with van der Waals surface area (Å²) in [5, 5.41) is 4.17. The van der Waals surface area contributed by atoms with Gasteiger partial charge >= 0.3 is 5.56 Å². The smallest absolute Gasteiger partial charge is 0.316 e. The molecule has 10 nitrogen and oxygen atoms in total. The Hall–Kier alpha value is -3.84. The molecule has 1 saturated heterocycles. The predicted octanol–water partition coefficient (Wildman–Crippen LogP) is 3.48. The van der Waals surface area contributed by atoms with E-state index in [1.54, 1.807) is 18.2 Å². The van der Waals surface area contributed by atoms with Gasteiger partial charge in [0.25, 0.3) is 0 Å². The molecule has 0 N–H and O–H groups in total. The van der Waals surface area contributed by atoms with Crippen molar-refractivity contribution in [3.63, 3.8) is 0 Å². The summed E-state index contributed by atoms with van der Waals surface area (Å²) in [6, 6.07) is 7.86. The normalized spacial score (nSPS) is 17.3. The summed E-state index contributed by atoms with van der Waals surface area (Å²) in [7, 11) is -3.62. The molecular weight excluding hydrogens is 544 g/mol. The number of halogens is 2. The van der Waals surface area contributed by atoms with Gasteiger partial charge in [-0.1, -0.05) is 13.0 Å². The standard InChI is InChI=1S/C27H27F2N5O5S/c1-27(4-5-27)16-38-25-23(14-31-34(26(25)35)21-12-19(28)11-20(29)13-21)32-6-8-33(9-7-32)40(36,37)15-18-2-3-24-22(10-18)30-17-39-24/h2-3,10-14,17H,4-9,15-16H2,1H3. The first kappa shape index (κ1) is 26.4. The molecule has 1 saturated carbocycles. The van der Waals surface area contributed by atoms with Crippen molar-refractivity contribution in [3.8, 4) is 11.4 Å². The Labute approximate surface area is 228 Å². The van der Waals surface area contributed by atoms with Gasteiger partial charge in [-0.15, -0.1) is 0 Å². The average Bonchev–Trinajstić information content (AvgIpc) is 3.46. The summed E-state index contributed by atoms with van der Waals surface area (Å²) in [5.41, 5.74) is 1.45. The van der Waals surface area contributed by atoms with Gasteiger partial charge in [0.05, 0.1) is 24.2 Å². The van der Waals surface area contributed by atoms with Crippen molar-refractivity contribution >= 4 is 26.8 Å². The molecule has 210 valence electrons. The highest BCUT2D eigenvalue weighted by Crippen LogP contribution is 2.45. The molecule has 0 bridgehead atoms. The van der Waals surface area contributed by atoms with E-state index in [0.717, 1.165) is 29.7 Å². The zero-order chi connectivity index (χ0) is 28.1. The Morgan fingerprint density at radius 2 is 1.77 bits per heavy atom. The number of hydrogen-bond acceptors (Lipinski definition) is 8. The molecule has 4 aromatic rings. The minimum absolute atomic E-state index is 0.0185. The minimum atomic E-state index is -3.62. The largest absolute Gasteiger partial charge is 0.486 e.